The van der Waals surface area contributed by atoms with Crippen molar-refractivity contribution in [3.8, 4) is 5.75 Å². The third-order valence-electron chi connectivity index (χ3n) is 4.12. The number of pyridine rings is 2. The van der Waals surface area contributed by atoms with Crippen LogP contribution in [0.15, 0.2) is 72.2 Å². The Balaban J connectivity index is 1.83. The predicted molar refractivity (Wildman–Crippen MR) is 99.6 cm³/mol. The van der Waals surface area contributed by atoms with Crippen LogP contribution in [0.3, 0.4) is 0 Å². The summed E-state index contributed by atoms with van der Waals surface area (Å²) < 4.78 is 0. The molecule has 0 atom stereocenters. The summed E-state index contributed by atoms with van der Waals surface area (Å²) in [6, 6.07) is 13.0. The largest absolute Gasteiger partial charge is 0.506 e. The second-order valence-corrected chi connectivity index (χ2v) is 6.11. The molecule has 4 rings (SSSR count). The van der Waals surface area contributed by atoms with Crippen LogP contribution in [0.1, 0.15) is 23.1 Å². The van der Waals surface area contributed by atoms with Gasteiger partial charge in [0.25, 0.3) is 0 Å². The molecule has 0 saturated carbocycles. The molecule has 1 aromatic carbocycles. The highest BCUT2D eigenvalue weighted by molar-refractivity contribution is 6.32. The normalized spacial score (nSPS) is 13.9. The molecular weight excluding hydrogens is 334 g/mol. The van der Waals surface area contributed by atoms with E-state index in [0.717, 1.165) is 33.7 Å². The molecule has 0 spiro atoms. The zero-order valence-corrected chi connectivity index (χ0v) is 14.0. The first-order chi connectivity index (χ1) is 12.2. The van der Waals surface area contributed by atoms with Crippen LogP contribution < -0.4 is 0 Å². The van der Waals surface area contributed by atoms with E-state index in [4.69, 9.17) is 16.6 Å². The van der Waals surface area contributed by atoms with E-state index < -0.39 is 0 Å². The third kappa shape index (κ3) is 3.04. The number of phenols is 1. The fourth-order valence-corrected chi connectivity index (χ4v) is 3.00. The Morgan fingerprint density at radius 3 is 2.44 bits per heavy atom. The molecule has 1 aliphatic rings. The summed E-state index contributed by atoms with van der Waals surface area (Å²) in [5.74, 6) is 0.0653. The molecule has 25 heavy (non-hydrogen) atoms. The topological polar surface area (TPSA) is 58.4 Å². The average molecular weight is 348 g/mol. The van der Waals surface area contributed by atoms with Gasteiger partial charge in [-0.1, -0.05) is 23.7 Å². The second kappa shape index (κ2) is 6.49. The van der Waals surface area contributed by atoms with E-state index in [1.54, 1.807) is 30.7 Å². The second-order valence-electron chi connectivity index (χ2n) is 5.71. The highest BCUT2D eigenvalue weighted by atomic mass is 35.5. The molecule has 0 aliphatic carbocycles. The first-order valence-corrected chi connectivity index (χ1v) is 8.20. The smallest absolute Gasteiger partial charge is 0.134 e. The summed E-state index contributed by atoms with van der Waals surface area (Å²) in [4.78, 5) is 13.1. The summed E-state index contributed by atoms with van der Waals surface area (Å²) in [6.45, 7) is 0. The molecule has 3 aromatic rings. The number of hydrogen-bond donors (Lipinski definition) is 1. The molecule has 0 bridgehead atoms. The number of phenolic OH excluding ortho intramolecular Hbond substituents is 1. The Kier molecular flexibility index (Phi) is 4.04. The number of aromatic hydroxyl groups is 1. The maximum atomic E-state index is 9.99. The molecule has 5 heteroatoms. The number of aromatic nitrogens is 2. The molecule has 122 valence electrons. The quantitative estimate of drug-likeness (QED) is 0.753. The molecule has 4 nitrogen and oxygen atoms in total. The van der Waals surface area contributed by atoms with Crippen molar-refractivity contribution in [2.75, 3.05) is 0 Å². The van der Waals surface area contributed by atoms with Crippen LogP contribution in [0, 0.1) is 0 Å². The van der Waals surface area contributed by atoms with Gasteiger partial charge >= 0.3 is 0 Å². The van der Waals surface area contributed by atoms with Crippen LogP contribution in [0.2, 0.25) is 5.02 Å². The Hall–Kier alpha value is -2.98. The van der Waals surface area contributed by atoms with Crippen LogP contribution in [-0.2, 0) is 0 Å². The van der Waals surface area contributed by atoms with E-state index in [9.17, 15) is 5.11 Å². The lowest BCUT2D eigenvalue weighted by Crippen LogP contribution is -1.98. The van der Waals surface area contributed by atoms with E-state index in [2.05, 4.69) is 9.97 Å². The summed E-state index contributed by atoms with van der Waals surface area (Å²) in [6.07, 6.45) is 7.71. The van der Waals surface area contributed by atoms with Crippen LogP contribution in [-0.4, -0.2) is 20.8 Å². The standard InChI is InChI=1S/C20H14ClN3O/c21-17-4-3-14(10-19(17)25)16-11-18(15-2-1-7-23-12-15)24-20(16)13-5-8-22-9-6-13/h1-10,12,25H,11H2. The molecule has 2 aromatic heterocycles. The lowest BCUT2D eigenvalue weighted by Gasteiger charge is -2.08. The van der Waals surface area contributed by atoms with Crippen LogP contribution in [0.25, 0.3) is 11.3 Å². The zero-order valence-electron chi connectivity index (χ0n) is 13.2. The number of allylic oxidation sites excluding steroid dienone is 1. The zero-order chi connectivity index (χ0) is 17.2. The SMILES string of the molecule is Oc1cc(C2=C(c3ccncc3)N=C(c3cccnc3)C2)ccc1Cl. The summed E-state index contributed by atoms with van der Waals surface area (Å²) in [5, 5.41) is 10.3. The Labute approximate surface area is 150 Å². The van der Waals surface area contributed by atoms with Crippen LogP contribution in [0.5, 0.6) is 5.75 Å². The van der Waals surface area contributed by atoms with Gasteiger partial charge in [0.1, 0.15) is 5.75 Å². The molecule has 0 unspecified atom stereocenters. The maximum Gasteiger partial charge on any atom is 0.134 e. The molecule has 0 amide bonds. The Morgan fingerprint density at radius 2 is 1.72 bits per heavy atom. The first-order valence-electron chi connectivity index (χ1n) is 7.83. The highest BCUT2D eigenvalue weighted by Gasteiger charge is 2.22. The average Bonchev–Trinajstić information content (AvgIpc) is 3.11. The van der Waals surface area contributed by atoms with Gasteiger partial charge in [-0.3, -0.25) is 15.0 Å². The number of benzene rings is 1. The molecular formula is C20H14ClN3O. The fraction of sp³-hybridized carbons (Fsp3) is 0.0500. The summed E-state index contributed by atoms with van der Waals surface area (Å²) in [7, 11) is 0. The van der Waals surface area contributed by atoms with Gasteiger partial charge in [0.05, 0.1) is 16.4 Å². The first kappa shape index (κ1) is 15.5. The van der Waals surface area contributed by atoms with Gasteiger partial charge in [-0.25, -0.2) is 0 Å². The van der Waals surface area contributed by atoms with Crippen molar-refractivity contribution < 1.29 is 5.11 Å². The number of aliphatic imine (C=N–C) groups is 1. The Bertz CT molecular complexity index is 982. The number of halogens is 1. The molecule has 0 radical (unpaired) electrons. The monoisotopic (exact) mass is 347 g/mol. The minimum atomic E-state index is 0.0653. The van der Waals surface area contributed by atoms with Crippen molar-refractivity contribution in [1.29, 1.82) is 0 Å². The van der Waals surface area contributed by atoms with Gasteiger partial charge in [-0.15, -0.1) is 0 Å². The van der Waals surface area contributed by atoms with Gasteiger partial charge in [0.2, 0.25) is 0 Å². The van der Waals surface area contributed by atoms with E-state index in [1.165, 1.54) is 0 Å². The minimum absolute atomic E-state index is 0.0653. The van der Waals surface area contributed by atoms with Gasteiger partial charge < -0.3 is 5.11 Å². The van der Waals surface area contributed by atoms with Gasteiger partial charge in [-0.2, -0.15) is 0 Å². The van der Waals surface area contributed by atoms with Gasteiger partial charge in [-0.05, 0) is 41.5 Å². The summed E-state index contributed by atoms with van der Waals surface area (Å²) in [5.41, 5.74) is 5.74. The van der Waals surface area contributed by atoms with Crippen molar-refractivity contribution in [3.63, 3.8) is 0 Å². The highest BCUT2D eigenvalue weighted by Crippen LogP contribution is 2.38. The van der Waals surface area contributed by atoms with Crippen molar-refractivity contribution in [3.05, 3.63) is 89.0 Å². The molecule has 1 N–H and O–H groups in total. The fourth-order valence-electron chi connectivity index (χ4n) is 2.88. The molecule has 0 saturated heterocycles. The number of hydrogen-bond acceptors (Lipinski definition) is 4. The molecule has 0 fully saturated rings. The lowest BCUT2D eigenvalue weighted by atomic mass is 9.96. The van der Waals surface area contributed by atoms with E-state index in [-0.39, 0.29) is 5.75 Å². The van der Waals surface area contributed by atoms with Gasteiger partial charge in [0, 0.05) is 42.3 Å². The lowest BCUT2D eigenvalue weighted by molar-refractivity contribution is 0.475. The van der Waals surface area contributed by atoms with E-state index >= 15 is 0 Å². The molecule has 3 heterocycles. The number of nitrogens with zero attached hydrogens (tertiary/aromatic N) is 3. The minimum Gasteiger partial charge on any atom is -0.506 e. The van der Waals surface area contributed by atoms with E-state index in [0.29, 0.717) is 11.4 Å². The van der Waals surface area contributed by atoms with E-state index in [1.807, 2.05) is 36.5 Å². The van der Waals surface area contributed by atoms with Crippen molar-refractivity contribution in [1.82, 2.24) is 9.97 Å². The van der Waals surface area contributed by atoms with Crippen molar-refractivity contribution in [2.24, 2.45) is 4.99 Å². The van der Waals surface area contributed by atoms with Crippen molar-refractivity contribution in [2.45, 2.75) is 6.42 Å². The maximum absolute atomic E-state index is 9.99. The molecule has 1 aliphatic heterocycles. The number of rotatable bonds is 3. The predicted octanol–water partition coefficient (Wildman–Crippen LogP) is 4.60. The van der Waals surface area contributed by atoms with Gasteiger partial charge in [0.15, 0.2) is 0 Å². The van der Waals surface area contributed by atoms with Crippen LogP contribution >= 0.6 is 11.6 Å². The summed E-state index contributed by atoms with van der Waals surface area (Å²) >= 11 is 5.95. The Morgan fingerprint density at radius 1 is 0.880 bits per heavy atom. The van der Waals surface area contributed by atoms with Crippen LogP contribution in [0.4, 0.5) is 0 Å². The third-order valence-corrected chi connectivity index (χ3v) is 4.44. The van der Waals surface area contributed by atoms with Crippen molar-refractivity contribution >= 4 is 28.6 Å².